The molecular weight excluding hydrogens is 260 g/mol. The summed E-state index contributed by atoms with van der Waals surface area (Å²) in [6.07, 6.45) is 2.20. The molecule has 2 aromatic rings. The molecule has 0 heterocycles. The number of nitrogens with one attached hydrogen (secondary N) is 2. The van der Waals surface area contributed by atoms with E-state index in [1.165, 1.54) is 11.1 Å². The van der Waals surface area contributed by atoms with Gasteiger partial charge in [0, 0.05) is 12.2 Å². The molecule has 0 spiro atoms. The Balaban J connectivity index is 1.85. The van der Waals surface area contributed by atoms with Gasteiger partial charge in [0.1, 0.15) is 0 Å². The fraction of sp³-hybridized carbons (Fsp3) is 0.278. The Hall–Kier alpha value is -2.29. The van der Waals surface area contributed by atoms with Crippen LogP contribution in [0.1, 0.15) is 30.0 Å². The van der Waals surface area contributed by atoms with E-state index in [1.54, 1.807) is 0 Å². The van der Waals surface area contributed by atoms with Crippen molar-refractivity contribution in [3.8, 4) is 0 Å². The van der Waals surface area contributed by atoms with Crippen LogP contribution in [0.4, 0.5) is 10.5 Å². The highest BCUT2D eigenvalue weighted by Crippen LogP contribution is 2.11. The molecule has 0 unspecified atom stereocenters. The van der Waals surface area contributed by atoms with Gasteiger partial charge < -0.3 is 10.6 Å². The maximum absolute atomic E-state index is 11.9. The van der Waals surface area contributed by atoms with Crippen LogP contribution >= 0.6 is 0 Å². The predicted octanol–water partition coefficient (Wildman–Crippen LogP) is 4.27. The summed E-state index contributed by atoms with van der Waals surface area (Å²) in [5, 5.41) is 5.73. The third-order valence-corrected chi connectivity index (χ3v) is 3.45. The van der Waals surface area contributed by atoms with Gasteiger partial charge in [-0.3, -0.25) is 0 Å². The van der Waals surface area contributed by atoms with E-state index in [0.717, 1.165) is 24.1 Å². The van der Waals surface area contributed by atoms with Crippen LogP contribution in [0, 0.1) is 6.92 Å². The first-order valence-electron chi connectivity index (χ1n) is 7.37. The second-order valence-electron chi connectivity index (χ2n) is 5.18. The van der Waals surface area contributed by atoms with Gasteiger partial charge in [0.25, 0.3) is 0 Å². The van der Waals surface area contributed by atoms with Crippen molar-refractivity contribution >= 4 is 11.7 Å². The second-order valence-corrected chi connectivity index (χ2v) is 5.18. The molecule has 21 heavy (non-hydrogen) atoms. The first-order chi connectivity index (χ1) is 10.2. The lowest BCUT2D eigenvalue weighted by atomic mass is 10.1. The quantitative estimate of drug-likeness (QED) is 0.845. The number of rotatable bonds is 5. The van der Waals surface area contributed by atoms with Gasteiger partial charge in [-0.2, -0.15) is 0 Å². The summed E-state index contributed by atoms with van der Waals surface area (Å²) in [5.41, 5.74) is 4.42. The third-order valence-electron chi connectivity index (χ3n) is 3.45. The number of carbonyl (C=O) groups excluding carboxylic acids is 1. The highest BCUT2D eigenvalue weighted by molar-refractivity contribution is 5.89. The summed E-state index contributed by atoms with van der Waals surface area (Å²) in [4.78, 5) is 11.9. The minimum absolute atomic E-state index is 0.179. The van der Waals surface area contributed by atoms with E-state index in [9.17, 15) is 4.79 Å². The molecule has 2 aromatic carbocycles. The van der Waals surface area contributed by atoms with E-state index in [2.05, 4.69) is 29.7 Å². The molecule has 0 saturated heterocycles. The van der Waals surface area contributed by atoms with Crippen LogP contribution in [0.2, 0.25) is 0 Å². The maximum Gasteiger partial charge on any atom is 0.319 e. The summed E-state index contributed by atoms with van der Waals surface area (Å²) in [5.74, 6) is 0. The topological polar surface area (TPSA) is 41.1 Å². The van der Waals surface area contributed by atoms with Crippen molar-refractivity contribution in [2.45, 2.75) is 33.2 Å². The fourth-order valence-corrected chi connectivity index (χ4v) is 2.20. The van der Waals surface area contributed by atoms with Gasteiger partial charge in [0.15, 0.2) is 0 Å². The highest BCUT2D eigenvalue weighted by atomic mass is 16.2. The molecule has 0 bridgehead atoms. The number of carbonyl (C=O) groups is 1. The molecule has 110 valence electrons. The number of anilines is 1. The van der Waals surface area contributed by atoms with E-state index in [4.69, 9.17) is 0 Å². The molecule has 0 radical (unpaired) electrons. The summed E-state index contributed by atoms with van der Waals surface area (Å²) >= 11 is 0. The molecule has 0 aliphatic heterocycles. The zero-order valence-electron chi connectivity index (χ0n) is 12.6. The van der Waals surface area contributed by atoms with Crippen molar-refractivity contribution in [3.05, 3.63) is 65.2 Å². The first-order valence-corrected chi connectivity index (χ1v) is 7.37. The van der Waals surface area contributed by atoms with E-state index in [0.29, 0.717) is 6.54 Å². The number of amides is 2. The summed E-state index contributed by atoms with van der Waals surface area (Å²) in [7, 11) is 0. The second kappa shape index (κ2) is 7.48. The van der Waals surface area contributed by atoms with E-state index in [1.807, 2.05) is 43.3 Å². The first kappa shape index (κ1) is 15.1. The van der Waals surface area contributed by atoms with Crippen LogP contribution < -0.4 is 10.6 Å². The predicted molar refractivity (Wildman–Crippen MR) is 87.5 cm³/mol. The SMILES string of the molecule is CCCc1ccc(NC(=O)NCc2ccccc2C)cc1. The number of hydrogen-bond acceptors (Lipinski definition) is 1. The Morgan fingerprint density at radius 3 is 2.43 bits per heavy atom. The molecule has 3 heteroatoms. The van der Waals surface area contributed by atoms with Gasteiger partial charge in [-0.25, -0.2) is 4.79 Å². The van der Waals surface area contributed by atoms with Crippen LogP contribution in [-0.4, -0.2) is 6.03 Å². The summed E-state index contributed by atoms with van der Waals surface area (Å²) in [6, 6.07) is 15.9. The smallest absolute Gasteiger partial charge is 0.319 e. The van der Waals surface area contributed by atoms with Crippen molar-refractivity contribution in [2.75, 3.05) is 5.32 Å². The van der Waals surface area contributed by atoms with Crippen LogP contribution in [0.3, 0.4) is 0 Å². The van der Waals surface area contributed by atoms with Crippen molar-refractivity contribution in [3.63, 3.8) is 0 Å². The normalized spacial score (nSPS) is 10.2. The molecule has 0 fully saturated rings. The summed E-state index contributed by atoms with van der Waals surface area (Å²) in [6.45, 7) is 4.74. The Kier molecular flexibility index (Phi) is 5.38. The summed E-state index contributed by atoms with van der Waals surface area (Å²) < 4.78 is 0. The van der Waals surface area contributed by atoms with Crippen LogP contribution in [-0.2, 0) is 13.0 Å². The molecular formula is C18H22N2O. The van der Waals surface area contributed by atoms with Gasteiger partial charge in [-0.15, -0.1) is 0 Å². The van der Waals surface area contributed by atoms with Crippen LogP contribution in [0.5, 0.6) is 0 Å². The zero-order chi connectivity index (χ0) is 15.1. The largest absolute Gasteiger partial charge is 0.334 e. The molecule has 0 aliphatic carbocycles. The van der Waals surface area contributed by atoms with Crippen molar-refractivity contribution < 1.29 is 4.79 Å². The Labute approximate surface area is 126 Å². The minimum atomic E-state index is -0.179. The lowest BCUT2D eigenvalue weighted by Crippen LogP contribution is -2.28. The van der Waals surface area contributed by atoms with Gasteiger partial charge in [-0.05, 0) is 42.2 Å². The standard InChI is InChI=1S/C18H22N2O/c1-3-6-15-9-11-17(12-10-15)20-18(21)19-13-16-8-5-4-7-14(16)2/h4-5,7-12H,3,6,13H2,1-2H3,(H2,19,20,21). The van der Waals surface area contributed by atoms with Crippen molar-refractivity contribution in [1.29, 1.82) is 0 Å². The maximum atomic E-state index is 11.9. The van der Waals surface area contributed by atoms with Gasteiger partial charge in [0.2, 0.25) is 0 Å². The minimum Gasteiger partial charge on any atom is -0.334 e. The van der Waals surface area contributed by atoms with Crippen LogP contribution in [0.25, 0.3) is 0 Å². The van der Waals surface area contributed by atoms with E-state index < -0.39 is 0 Å². The van der Waals surface area contributed by atoms with Crippen molar-refractivity contribution in [1.82, 2.24) is 5.32 Å². The number of hydrogen-bond donors (Lipinski definition) is 2. The fourth-order valence-electron chi connectivity index (χ4n) is 2.20. The van der Waals surface area contributed by atoms with Gasteiger partial charge >= 0.3 is 6.03 Å². The van der Waals surface area contributed by atoms with E-state index in [-0.39, 0.29) is 6.03 Å². The Morgan fingerprint density at radius 1 is 1.05 bits per heavy atom. The average molecular weight is 282 g/mol. The van der Waals surface area contributed by atoms with Gasteiger partial charge in [0.05, 0.1) is 0 Å². The lowest BCUT2D eigenvalue weighted by Gasteiger charge is -2.10. The molecule has 0 aromatic heterocycles. The Bertz CT molecular complexity index is 590. The van der Waals surface area contributed by atoms with Gasteiger partial charge in [-0.1, -0.05) is 49.7 Å². The molecule has 2 N–H and O–H groups in total. The monoisotopic (exact) mass is 282 g/mol. The molecule has 0 atom stereocenters. The lowest BCUT2D eigenvalue weighted by molar-refractivity contribution is 0.251. The Morgan fingerprint density at radius 2 is 1.76 bits per heavy atom. The highest BCUT2D eigenvalue weighted by Gasteiger charge is 2.03. The molecule has 2 amide bonds. The zero-order valence-corrected chi connectivity index (χ0v) is 12.6. The van der Waals surface area contributed by atoms with Crippen LogP contribution in [0.15, 0.2) is 48.5 Å². The molecule has 3 nitrogen and oxygen atoms in total. The number of urea groups is 1. The van der Waals surface area contributed by atoms with Crippen molar-refractivity contribution in [2.24, 2.45) is 0 Å². The number of benzene rings is 2. The van der Waals surface area contributed by atoms with E-state index >= 15 is 0 Å². The average Bonchev–Trinajstić information content (AvgIpc) is 2.49. The molecule has 0 saturated carbocycles. The molecule has 2 rings (SSSR count). The molecule has 0 aliphatic rings. The number of aryl methyl sites for hydroxylation is 2. The third kappa shape index (κ3) is 4.63.